The molecule has 0 spiro atoms. The van der Waals surface area contributed by atoms with Crippen molar-refractivity contribution in [2.24, 2.45) is 17.1 Å². The van der Waals surface area contributed by atoms with Gasteiger partial charge in [-0.1, -0.05) is 13.8 Å². The lowest BCUT2D eigenvalue weighted by molar-refractivity contribution is 0.0680. The summed E-state index contributed by atoms with van der Waals surface area (Å²) in [6.07, 6.45) is 3.81. The monoisotopic (exact) mass is 267 g/mol. The second kappa shape index (κ2) is 6.11. The first-order valence-electron chi connectivity index (χ1n) is 8.09. The van der Waals surface area contributed by atoms with E-state index in [4.69, 9.17) is 5.73 Å². The molecule has 2 atom stereocenters. The maximum Gasteiger partial charge on any atom is 0.0113 e. The minimum absolute atomic E-state index is 0.427. The van der Waals surface area contributed by atoms with Gasteiger partial charge in [-0.05, 0) is 44.4 Å². The number of piperazine rings is 1. The van der Waals surface area contributed by atoms with Crippen molar-refractivity contribution < 1.29 is 0 Å². The van der Waals surface area contributed by atoms with Crippen molar-refractivity contribution in [1.82, 2.24) is 9.80 Å². The maximum atomic E-state index is 6.36. The van der Waals surface area contributed by atoms with Gasteiger partial charge in [0.15, 0.2) is 0 Å². The number of nitrogens with zero attached hydrogens (tertiary/aromatic N) is 2. The van der Waals surface area contributed by atoms with Crippen molar-refractivity contribution in [2.45, 2.75) is 59.0 Å². The van der Waals surface area contributed by atoms with Crippen LogP contribution in [0.3, 0.4) is 0 Å². The molecule has 2 rings (SSSR count). The molecular formula is C16H33N3. The van der Waals surface area contributed by atoms with Gasteiger partial charge in [-0.15, -0.1) is 0 Å². The summed E-state index contributed by atoms with van der Waals surface area (Å²) in [6.45, 7) is 15.5. The van der Waals surface area contributed by atoms with Crippen LogP contribution in [-0.4, -0.2) is 54.6 Å². The molecule has 1 heterocycles. The lowest BCUT2D eigenvalue weighted by atomic mass is 9.70. The van der Waals surface area contributed by atoms with Crippen LogP contribution in [0.2, 0.25) is 0 Å². The molecule has 3 nitrogen and oxygen atoms in total. The smallest absolute Gasteiger partial charge is 0.0113 e. The first-order chi connectivity index (χ1) is 8.87. The van der Waals surface area contributed by atoms with E-state index < -0.39 is 0 Å². The van der Waals surface area contributed by atoms with Gasteiger partial charge in [0.1, 0.15) is 0 Å². The highest BCUT2D eigenvalue weighted by molar-refractivity contribution is 4.89. The van der Waals surface area contributed by atoms with Crippen LogP contribution in [0.5, 0.6) is 0 Å². The van der Waals surface area contributed by atoms with Crippen LogP contribution >= 0.6 is 0 Å². The Kier molecular flexibility index (Phi) is 4.91. The molecule has 19 heavy (non-hydrogen) atoms. The van der Waals surface area contributed by atoms with E-state index in [2.05, 4.69) is 37.5 Å². The summed E-state index contributed by atoms with van der Waals surface area (Å²) in [5.41, 5.74) is 6.86. The molecule has 0 radical (unpaired) electrons. The van der Waals surface area contributed by atoms with E-state index in [1.165, 1.54) is 52.0 Å². The molecule has 0 amide bonds. The minimum Gasteiger partial charge on any atom is -0.327 e. The second-order valence-electron chi connectivity index (χ2n) is 7.76. The van der Waals surface area contributed by atoms with Crippen LogP contribution in [0, 0.1) is 11.3 Å². The summed E-state index contributed by atoms with van der Waals surface area (Å²) in [4.78, 5) is 5.23. The standard InChI is InChI=1S/C16H33N3/c1-13(2)19-9-7-18(8-10-19)12-14-11-16(3,4)6-5-15(14)17/h13-15H,5-12,17H2,1-4H3. The van der Waals surface area contributed by atoms with E-state index >= 15 is 0 Å². The molecule has 1 aliphatic heterocycles. The molecular weight excluding hydrogens is 234 g/mol. The van der Waals surface area contributed by atoms with Gasteiger partial charge in [0.2, 0.25) is 0 Å². The molecule has 112 valence electrons. The van der Waals surface area contributed by atoms with E-state index in [1.807, 2.05) is 0 Å². The molecule has 3 heteroatoms. The number of rotatable bonds is 3. The third-order valence-corrected chi connectivity index (χ3v) is 5.20. The quantitative estimate of drug-likeness (QED) is 0.850. The number of hydrogen-bond donors (Lipinski definition) is 1. The Hall–Kier alpha value is -0.120. The van der Waals surface area contributed by atoms with E-state index in [1.54, 1.807) is 0 Å². The van der Waals surface area contributed by atoms with Crippen LogP contribution in [-0.2, 0) is 0 Å². The number of hydrogen-bond acceptors (Lipinski definition) is 3. The van der Waals surface area contributed by atoms with Crippen molar-refractivity contribution in [2.75, 3.05) is 32.7 Å². The summed E-state index contributed by atoms with van der Waals surface area (Å²) >= 11 is 0. The normalized spacial score (nSPS) is 33.8. The van der Waals surface area contributed by atoms with Crippen molar-refractivity contribution >= 4 is 0 Å². The predicted molar refractivity (Wildman–Crippen MR) is 82.2 cm³/mol. The summed E-state index contributed by atoms with van der Waals surface area (Å²) in [7, 11) is 0. The Balaban J connectivity index is 1.81. The van der Waals surface area contributed by atoms with Crippen LogP contribution in [0.25, 0.3) is 0 Å². The van der Waals surface area contributed by atoms with E-state index in [9.17, 15) is 0 Å². The predicted octanol–water partition coefficient (Wildman–Crippen LogP) is 2.17. The van der Waals surface area contributed by atoms with E-state index in [0.717, 1.165) is 0 Å². The van der Waals surface area contributed by atoms with Gasteiger partial charge in [-0.3, -0.25) is 4.90 Å². The molecule has 2 N–H and O–H groups in total. The van der Waals surface area contributed by atoms with Crippen molar-refractivity contribution in [3.63, 3.8) is 0 Å². The van der Waals surface area contributed by atoms with E-state index in [0.29, 0.717) is 23.4 Å². The average molecular weight is 267 g/mol. The van der Waals surface area contributed by atoms with Gasteiger partial charge in [0.05, 0.1) is 0 Å². The van der Waals surface area contributed by atoms with Crippen LogP contribution in [0.15, 0.2) is 0 Å². The maximum absolute atomic E-state index is 6.36. The topological polar surface area (TPSA) is 32.5 Å². The molecule has 0 bridgehead atoms. The van der Waals surface area contributed by atoms with Gasteiger partial charge >= 0.3 is 0 Å². The zero-order valence-corrected chi connectivity index (χ0v) is 13.4. The van der Waals surface area contributed by atoms with Gasteiger partial charge in [-0.25, -0.2) is 0 Å². The molecule has 0 aromatic carbocycles. The Morgan fingerprint density at radius 1 is 1.16 bits per heavy atom. The fraction of sp³-hybridized carbons (Fsp3) is 1.00. The molecule has 0 aromatic rings. The summed E-state index contributed by atoms with van der Waals surface area (Å²) < 4.78 is 0. The van der Waals surface area contributed by atoms with E-state index in [-0.39, 0.29) is 0 Å². The summed E-state index contributed by atoms with van der Waals surface area (Å²) in [6, 6.07) is 1.12. The summed E-state index contributed by atoms with van der Waals surface area (Å²) in [5, 5.41) is 0. The largest absolute Gasteiger partial charge is 0.327 e. The van der Waals surface area contributed by atoms with Crippen molar-refractivity contribution in [1.29, 1.82) is 0 Å². The molecule has 2 aliphatic rings. The summed E-state index contributed by atoms with van der Waals surface area (Å²) in [5.74, 6) is 0.703. The molecule has 1 aliphatic carbocycles. The third kappa shape index (κ3) is 4.17. The molecule has 1 saturated heterocycles. The molecule has 0 aromatic heterocycles. The Labute approximate surface area is 119 Å². The highest BCUT2D eigenvalue weighted by atomic mass is 15.3. The second-order valence-corrected chi connectivity index (χ2v) is 7.76. The molecule has 2 fully saturated rings. The highest BCUT2D eigenvalue weighted by Gasteiger charge is 2.34. The highest BCUT2D eigenvalue weighted by Crippen LogP contribution is 2.38. The molecule has 1 saturated carbocycles. The number of nitrogens with two attached hydrogens (primary N) is 1. The Bertz CT molecular complexity index is 280. The van der Waals surface area contributed by atoms with Crippen LogP contribution in [0.4, 0.5) is 0 Å². The fourth-order valence-corrected chi connectivity index (χ4v) is 3.75. The van der Waals surface area contributed by atoms with Gasteiger partial charge in [0.25, 0.3) is 0 Å². The zero-order chi connectivity index (χ0) is 14.0. The van der Waals surface area contributed by atoms with Gasteiger partial charge in [0, 0.05) is 44.8 Å². The molecule has 2 unspecified atom stereocenters. The Morgan fingerprint density at radius 2 is 1.79 bits per heavy atom. The first-order valence-corrected chi connectivity index (χ1v) is 8.09. The average Bonchev–Trinajstić information content (AvgIpc) is 2.34. The van der Waals surface area contributed by atoms with Gasteiger partial charge in [-0.2, -0.15) is 0 Å². The lowest BCUT2D eigenvalue weighted by Crippen LogP contribution is -2.52. The lowest BCUT2D eigenvalue weighted by Gasteiger charge is -2.43. The SMILES string of the molecule is CC(C)N1CCN(CC2CC(C)(C)CCC2N)CC1. The first kappa shape index (κ1) is 15.3. The van der Waals surface area contributed by atoms with Crippen LogP contribution < -0.4 is 5.73 Å². The van der Waals surface area contributed by atoms with Gasteiger partial charge < -0.3 is 10.6 Å². The van der Waals surface area contributed by atoms with Crippen molar-refractivity contribution in [3.8, 4) is 0 Å². The van der Waals surface area contributed by atoms with Crippen LogP contribution in [0.1, 0.15) is 47.0 Å². The third-order valence-electron chi connectivity index (χ3n) is 5.20. The minimum atomic E-state index is 0.427. The zero-order valence-electron chi connectivity index (χ0n) is 13.4. The fourth-order valence-electron chi connectivity index (χ4n) is 3.75. The van der Waals surface area contributed by atoms with Crippen molar-refractivity contribution in [3.05, 3.63) is 0 Å². The Morgan fingerprint density at radius 3 is 2.37 bits per heavy atom.